The third-order valence-electron chi connectivity index (χ3n) is 3.20. The van der Waals surface area contributed by atoms with Crippen molar-refractivity contribution in [2.24, 2.45) is 0 Å². The van der Waals surface area contributed by atoms with Gasteiger partial charge in [-0.15, -0.1) is 0 Å². The number of para-hydroxylation sites is 1. The normalized spacial score (nSPS) is 10.6. The molecular weight excluding hydrogens is 298 g/mol. The maximum absolute atomic E-state index is 12.3. The van der Waals surface area contributed by atoms with Crippen LogP contribution in [0.15, 0.2) is 59.4 Å². The first-order valence-corrected chi connectivity index (χ1v) is 7.81. The van der Waals surface area contributed by atoms with Gasteiger partial charge >= 0.3 is 0 Å². The van der Waals surface area contributed by atoms with Crippen molar-refractivity contribution in [3.8, 4) is 0 Å². The highest BCUT2D eigenvalue weighted by Gasteiger charge is 2.13. The van der Waals surface area contributed by atoms with E-state index in [1.54, 1.807) is 40.4 Å². The lowest BCUT2D eigenvalue weighted by atomic mass is 10.2. The maximum Gasteiger partial charge on any atom is 0.282 e. The Kier molecular flexibility index (Phi) is 3.93. The highest BCUT2D eigenvalue weighted by atomic mass is 32.2. The number of amides is 1. The van der Waals surface area contributed by atoms with Crippen LogP contribution in [0.4, 0.5) is 5.95 Å². The Labute approximate surface area is 131 Å². The highest BCUT2D eigenvalue weighted by molar-refractivity contribution is 7.97. The average Bonchev–Trinajstić information content (AvgIpc) is 2.56. The van der Waals surface area contributed by atoms with E-state index in [9.17, 15) is 9.59 Å². The Morgan fingerprint density at radius 2 is 1.77 bits per heavy atom. The molecule has 0 saturated carbocycles. The minimum atomic E-state index is -0.357. The van der Waals surface area contributed by atoms with Gasteiger partial charge < -0.3 is 0 Å². The van der Waals surface area contributed by atoms with Crippen LogP contribution in [-0.4, -0.2) is 21.1 Å². The molecule has 110 valence electrons. The van der Waals surface area contributed by atoms with Crippen LogP contribution in [0.2, 0.25) is 0 Å². The van der Waals surface area contributed by atoms with Crippen LogP contribution in [0.5, 0.6) is 0 Å². The van der Waals surface area contributed by atoms with Crippen molar-refractivity contribution < 1.29 is 4.79 Å². The second-order valence-corrected chi connectivity index (χ2v) is 5.29. The lowest BCUT2D eigenvalue weighted by molar-refractivity contribution is 0.102. The van der Waals surface area contributed by atoms with Crippen molar-refractivity contribution in [1.82, 2.24) is 8.96 Å². The Balaban J connectivity index is 2.08. The van der Waals surface area contributed by atoms with Gasteiger partial charge in [-0.1, -0.05) is 30.3 Å². The van der Waals surface area contributed by atoms with Gasteiger partial charge in [0, 0.05) is 11.8 Å². The molecule has 0 aliphatic carbocycles. The van der Waals surface area contributed by atoms with Crippen molar-refractivity contribution in [2.75, 3.05) is 11.6 Å². The highest BCUT2D eigenvalue weighted by Crippen LogP contribution is 2.19. The predicted molar refractivity (Wildman–Crippen MR) is 89.3 cm³/mol. The molecule has 1 N–H and O–H groups in total. The average molecular weight is 311 g/mol. The summed E-state index contributed by atoms with van der Waals surface area (Å²) >= 11 is 1.37. The van der Waals surface area contributed by atoms with Gasteiger partial charge in [-0.2, -0.15) is 4.98 Å². The van der Waals surface area contributed by atoms with E-state index < -0.39 is 0 Å². The molecule has 0 spiro atoms. The zero-order valence-electron chi connectivity index (χ0n) is 11.8. The maximum atomic E-state index is 12.3. The first kappa shape index (κ1) is 14.3. The SMILES string of the molecule is CSn1c(NC(=O)c2ccccc2)nc(=O)c2ccccc21. The molecule has 2 aromatic carbocycles. The largest absolute Gasteiger partial charge is 0.291 e. The van der Waals surface area contributed by atoms with E-state index in [-0.39, 0.29) is 17.4 Å². The number of fused-ring (bicyclic) bond motifs is 1. The Bertz CT molecular complexity index is 891. The third-order valence-corrected chi connectivity index (χ3v) is 3.93. The number of rotatable bonds is 3. The molecule has 0 atom stereocenters. The van der Waals surface area contributed by atoms with Crippen LogP contribution < -0.4 is 10.9 Å². The number of aromatic nitrogens is 2. The van der Waals surface area contributed by atoms with E-state index in [4.69, 9.17) is 0 Å². The van der Waals surface area contributed by atoms with E-state index >= 15 is 0 Å². The van der Waals surface area contributed by atoms with Crippen molar-refractivity contribution >= 4 is 34.7 Å². The summed E-state index contributed by atoms with van der Waals surface area (Å²) in [5.74, 6) is -0.0735. The van der Waals surface area contributed by atoms with Crippen LogP contribution in [0.1, 0.15) is 10.4 Å². The standard InChI is InChI=1S/C16H13N3O2S/c1-22-19-13-10-6-5-9-12(13)15(21)18-16(19)17-14(20)11-7-3-2-4-8-11/h2-10H,1H3,(H,17,18,20,21). The monoisotopic (exact) mass is 311 g/mol. The molecule has 1 amide bonds. The molecule has 0 unspecified atom stereocenters. The molecule has 1 heterocycles. The second-order valence-electron chi connectivity index (χ2n) is 4.55. The summed E-state index contributed by atoms with van der Waals surface area (Å²) in [6, 6.07) is 16.0. The molecule has 6 heteroatoms. The predicted octanol–water partition coefficient (Wildman–Crippen LogP) is 2.77. The van der Waals surface area contributed by atoms with Gasteiger partial charge in [0.05, 0.1) is 10.9 Å². The van der Waals surface area contributed by atoms with Gasteiger partial charge in [0.25, 0.3) is 11.5 Å². The molecule has 0 aliphatic heterocycles. The Morgan fingerprint density at radius 3 is 2.50 bits per heavy atom. The molecule has 3 aromatic rings. The van der Waals surface area contributed by atoms with Gasteiger partial charge in [-0.05, 0) is 36.2 Å². The van der Waals surface area contributed by atoms with Crippen LogP contribution in [-0.2, 0) is 0 Å². The molecule has 0 radical (unpaired) electrons. The number of benzene rings is 2. The number of carbonyl (C=O) groups excluding carboxylic acids is 1. The fraction of sp³-hybridized carbons (Fsp3) is 0.0625. The molecule has 0 bridgehead atoms. The zero-order chi connectivity index (χ0) is 15.5. The van der Waals surface area contributed by atoms with E-state index in [1.807, 2.05) is 24.5 Å². The Hall–Kier alpha value is -2.60. The number of hydrogen-bond acceptors (Lipinski definition) is 4. The second kappa shape index (κ2) is 6.03. The van der Waals surface area contributed by atoms with Gasteiger partial charge in [-0.3, -0.25) is 18.9 Å². The molecule has 0 aliphatic rings. The fourth-order valence-electron chi connectivity index (χ4n) is 2.17. The quantitative estimate of drug-likeness (QED) is 0.808. The van der Waals surface area contributed by atoms with E-state index in [0.717, 1.165) is 5.52 Å². The fourth-order valence-corrected chi connectivity index (χ4v) is 2.79. The number of nitrogens with zero attached hydrogens (tertiary/aromatic N) is 2. The molecule has 0 saturated heterocycles. The summed E-state index contributed by atoms with van der Waals surface area (Å²) in [5, 5.41) is 3.23. The van der Waals surface area contributed by atoms with Crippen LogP contribution in [0, 0.1) is 0 Å². The van der Waals surface area contributed by atoms with Crippen molar-refractivity contribution in [1.29, 1.82) is 0 Å². The van der Waals surface area contributed by atoms with Gasteiger partial charge in [0.15, 0.2) is 0 Å². The summed E-state index contributed by atoms with van der Waals surface area (Å²) in [6.45, 7) is 0. The van der Waals surface area contributed by atoms with Crippen molar-refractivity contribution in [3.63, 3.8) is 0 Å². The molecule has 1 aromatic heterocycles. The van der Waals surface area contributed by atoms with E-state index in [1.165, 1.54) is 11.9 Å². The molecule has 22 heavy (non-hydrogen) atoms. The summed E-state index contributed by atoms with van der Waals surface area (Å²) in [6.07, 6.45) is 1.86. The summed E-state index contributed by atoms with van der Waals surface area (Å²) in [4.78, 5) is 28.3. The van der Waals surface area contributed by atoms with Gasteiger partial charge in [-0.25, -0.2) is 0 Å². The molecule has 5 nitrogen and oxygen atoms in total. The molecule has 0 fully saturated rings. The zero-order valence-corrected chi connectivity index (χ0v) is 12.6. The van der Waals surface area contributed by atoms with Crippen molar-refractivity contribution in [2.45, 2.75) is 0 Å². The molecule has 3 rings (SSSR count). The number of anilines is 1. The smallest absolute Gasteiger partial charge is 0.282 e. The van der Waals surface area contributed by atoms with E-state index in [0.29, 0.717) is 10.9 Å². The first-order chi connectivity index (χ1) is 10.7. The summed E-state index contributed by atoms with van der Waals surface area (Å²) in [7, 11) is 0. The minimum absolute atomic E-state index is 0.227. The van der Waals surface area contributed by atoms with E-state index in [2.05, 4.69) is 10.3 Å². The Morgan fingerprint density at radius 1 is 1.09 bits per heavy atom. The number of hydrogen-bond donors (Lipinski definition) is 1. The van der Waals surface area contributed by atoms with Gasteiger partial charge in [0.1, 0.15) is 0 Å². The van der Waals surface area contributed by atoms with Crippen molar-refractivity contribution in [3.05, 3.63) is 70.5 Å². The minimum Gasteiger partial charge on any atom is -0.291 e. The first-order valence-electron chi connectivity index (χ1n) is 6.63. The van der Waals surface area contributed by atoms with Crippen LogP contribution >= 0.6 is 11.9 Å². The van der Waals surface area contributed by atoms with Crippen LogP contribution in [0.25, 0.3) is 10.9 Å². The summed E-state index contributed by atoms with van der Waals surface area (Å²) in [5.41, 5.74) is 0.875. The summed E-state index contributed by atoms with van der Waals surface area (Å²) < 4.78 is 1.73. The number of carbonyl (C=O) groups is 1. The lowest BCUT2D eigenvalue weighted by Gasteiger charge is -2.13. The lowest BCUT2D eigenvalue weighted by Crippen LogP contribution is -2.21. The third kappa shape index (κ3) is 2.60. The number of nitrogens with one attached hydrogen (secondary N) is 1. The van der Waals surface area contributed by atoms with Crippen LogP contribution in [0.3, 0.4) is 0 Å². The van der Waals surface area contributed by atoms with Gasteiger partial charge in [0.2, 0.25) is 5.95 Å². The molecular formula is C16H13N3O2S. The topological polar surface area (TPSA) is 64.0 Å².